The van der Waals surface area contributed by atoms with Crippen LogP contribution in [0.3, 0.4) is 0 Å². The Bertz CT molecular complexity index is 1090. The number of halogens is 1. The lowest BCUT2D eigenvalue weighted by atomic mass is 10.1. The van der Waals surface area contributed by atoms with Gasteiger partial charge >= 0.3 is 0 Å². The maximum Gasteiger partial charge on any atom is 0.292 e. The first-order chi connectivity index (χ1) is 15.0. The van der Waals surface area contributed by atoms with Gasteiger partial charge < -0.3 is 14.2 Å². The van der Waals surface area contributed by atoms with Gasteiger partial charge in [0.2, 0.25) is 5.91 Å². The minimum absolute atomic E-state index is 0.00560. The van der Waals surface area contributed by atoms with E-state index in [9.17, 15) is 19.3 Å². The summed E-state index contributed by atoms with van der Waals surface area (Å²) in [5, 5.41) is 11.3. The number of aryl methyl sites for hydroxylation is 1. The van der Waals surface area contributed by atoms with Gasteiger partial charge in [0.15, 0.2) is 0 Å². The van der Waals surface area contributed by atoms with Crippen molar-refractivity contribution in [3.63, 3.8) is 0 Å². The molecule has 0 radical (unpaired) electrons. The van der Waals surface area contributed by atoms with E-state index in [4.69, 9.17) is 4.42 Å². The fourth-order valence-electron chi connectivity index (χ4n) is 3.79. The van der Waals surface area contributed by atoms with Crippen LogP contribution in [0, 0.1) is 15.9 Å². The molecule has 1 fully saturated rings. The van der Waals surface area contributed by atoms with Gasteiger partial charge in [-0.2, -0.15) is 0 Å². The molecule has 1 amide bonds. The van der Waals surface area contributed by atoms with Crippen LogP contribution < -0.4 is 4.90 Å². The third-order valence-corrected chi connectivity index (χ3v) is 5.44. The molecule has 0 saturated carbocycles. The lowest BCUT2D eigenvalue weighted by Crippen LogP contribution is -2.49. The molecule has 7 nitrogen and oxygen atoms in total. The maximum absolute atomic E-state index is 13.9. The lowest BCUT2D eigenvalue weighted by Gasteiger charge is -2.35. The fraction of sp³-hybridized carbons (Fsp3) is 0.261. The number of nitro benzene ring substituents is 1. The van der Waals surface area contributed by atoms with Crippen molar-refractivity contribution >= 4 is 17.3 Å². The number of carbonyl (C=O) groups is 1. The van der Waals surface area contributed by atoms with E-state index in [2.05, 4.69) is 0 Å². The number of rotatable bonds is 6. The molecule has 0 bridgehead atoms. The van der Waals surface area contributed by atoms with Crippen LogP contribution in [-0.4, -0.2) is 41.9 Å². The van der Waals surface area contributed by atoms with Crippen molar-refractivity contribution in [3.05, 3.63) is 82.4 Å². The van der Waals surface area contributed by atoms with Gasteiger partial charge in [0, 0.05) is 45.1 Å². The highest BCUT2D eigenvalue weighted by Gasteiger charge is 2.25. The van der Waals surface area contributed by atoms with Crippen molar-refractivity contribution in [2.24, 2.45) is 0 Å². The van der Waals surface area contributed by atoms with Crippen molar-refractivity contribution in [3.8, 4) is 11.3 Å². The van der Waals surface area contributed by atoms with Crippen LogP contribution in [0.1, 0.15) is 12.2 Å². The van der Waals surface area contributed by atoms with E-state index in [0.29, 0.717) is 55.4 Å². The number of para-hydroxylation sites is 2. The van der Waals surface area contributed by atoms with Crippen molar-refractivity contribution in [1.82, 2.24) is 4.90 Å². The third-order valence-electron chi connectivity index (χ3n) is 5.44. The van der Waals surface area contributed by atoms with E-state index < -0.39 is 0 Å². The molecule has 1 aliphatic rings. The number of piperazine rings is 1. The largest absolute Gasteiger partial charge is 0.461 e. The standard InChI is InChI=1S/C23H22FN3O4/c24-19-6-2-1-5-18(19)22-11-9-17(31-22)10-12-23(28)26-15-13-25(14-16-26)20-7-3-4-8-21(20)27(29)30/h1-9,11H,10,12-16H2. The van der Waals surface area contributed by atoms with Crippen LogP contribution in [0.25, 0.3) is 11.3 Å². The number of anilines is 1. The Kier molecular flexibility index (Phi) is 5.97. The quantitative estimate of drug-likeness (QED) is 0.437. The number of nitrogens with zero attached hydrogens (tertiary/aromatic N) is 3. The second-order valence-corrected chi connectivity index (χ2v) is 7.36. The van der Waals surface area contributed by atoms with Gasteiger partial charge in [0.25, 0.3) is 5.69 Å². The molecule has 1 aliphatic heterocycles. The summed E-state index contributed by atoms with van der Waals surface area (Å²) in [5.41, 5.74) is 1.05. The zero-order valence-corrected chi connectivity index (χ0v) is 16.9. The molecule has 2 heterocycles. The number of furan rings is 1. The van der Waals surface area contributed by atoms with Gasteiger partial charge in [0.05, 0.1) is 10.5 Å². The Labute approximate surface area is 178 Å². The summed E-state index contributed by atoms with van der Waals surface area (Å²) in [5.74, 6) is 0.728. The monoisotopic (exact) mass is 423 g/mol. The molecule has 0 spiro atoms. The first kappa shape index (κ1) is 20.6. The van der Waals surface area contributed by atoms with Gasteiger partial charge in [-0.25, -0.2) is 4.39 Å². The average molecular weight is 423 g/mol. The van der Waals surface area contributed by atoms with Gasteiger partial charge in [-0.3, -0.25) is 14.9 Å². The number of nitro groups is 1. The van der Waals surface area contributed by atoms with E-state index in [-0.39, 0.29) is 28.8 Å². The highest BCUT2D eigenvalue weighted by Crippen LogP contribution is 2.29. The maximum atomic E-state index is 13.9. The van der Waals surface area contributed by atoms with Crippen LogP contribution in [0.15, 0.2) is 65.1 Å². The molecule has 3 aromatic rings. The second kappa shape index (κ2) is 8.99. The summed E-state index contributed by atoms with van der Waals surface area (Å²) in [6.07, 6.45) is 0.716. The number of benzene rings is 2. The molecular weight excluding hydrogens is 401 g/mol. The number of hydrogen-bond donors (Lipinski definition) is 0. The predicted octanol–water partition coefficient (Wildman–Crippen LogP) is 4.28. The van der Waals surface area contributed by atoms with Crippen molar-refractivity contribution in [1.29, 1.82) is 0 Å². The van der Waals surface area contributed by atoms with E-state index >= 15 is 0 Å². The molecule has 0 unspecified atom stereocenters. The zero-order chi connectivity index (χ0) is 21.8. The van der Waals surface area contributed by atoms with E-state index in [1.54, 1.807) is 53.4 Å². The van der Waals surface area contributed by atoms with Gasteiger partial charge in [0.1, 0.15) is 23.0 Å². The van der Waals surface area contributed by atoms with Gasteiger partial charge in [-0.15, -0.1) is 0 Å². The fourth-order valence-corrected chi connectivity index (χ4v) is 3.79. The van der Waals surface area contributed by atoms with E-state index in [0.717, 1.165) is 0 Å². The molecule has 0 aliphatic carbocycles. The zero-order valence-electron chi connectivity index (χ0n) is 16.9. The first-order valence-electron chi connectivity index (χ1n) is 10.1. The summed E-state index contributed by atoms with van der Waals surface area (Å²) in [6, 6.07) is 16.5. The number of carbonyl (C=O) groups excluding carboxylic acids is 1. The Balaban J connectivity index is 1.31. The Morgan fingerprint density at radius 2 is 1.71 bits per heavy atom. The third kappa shape index (κ3) is 4.58. The molecule has 1 aromatic heterocycles. The topological polar surface area (TPSA) is 79.8 Å². The summed E-state index contributed by atoms with van der Waals surface area (Å²) in [4.78, 5) is 27.2. The number of hydrogen-bond acceptors (Lipinski definition) is 5. The van der Waals surface area contributed by atoms with Crippen LogP contribution in [0.5, 0.6) is 0 Å². The summed E-state index contributed by atoms with van der Waals surface area (Å²) in [6.45, 7) is 2.08. The minimum atomic E-state index is -0.383. The van der Waals surface area contributed by atoms with Gasteiger partial charge in [-0.05, 0) is 30.3 Å². The number of amides is 1. The first-order valence-corrected chi connectivity index (χ1v) is 10.1. The Morgan fingerprint density at radius 3 is 2.45 bits per heavy atom. The van der Waals surface area contributed by atoms with Crippen LogP contribution in [-0.2, 0) is 11.2 Å². The SMILES string of the molecule is O=C(CCc1ccc(-c2ccccc2F)o1)N1CCN(c2ccccc2[N+](=O)[O-])CC1. The lowest BCUT2D eigenvalue weighted by molar-refractivity contribution is -0.384. The molecule has 8 heteroatoms. The van der Waals surface area contributed by atoms with Gasteiger partial charge in [-0.1, -0.05) is 24.3 Å². The normalized spacial score (nSPS) is 14.0. The molecule has 0 atom stereocenters. The van der Waals surface area contributed by atoms with Crippen molar-refractivity contribution in [2.75, 3.05) is 31.1 Å². The van der Waals surface area contributed by atoms with Crippen molar-refractivity contribution < 1.29 is 18.5 Å². The molecule has 31 heavy (non-hydrogen) atoms. The highest BCUT2D eigenvalue weighted by molar-refractivity contribution is 5.77. The van der Waals surface area contributed by atoms with E-state index in [1.165, 1.54) is 12.1 Å². The van der Waals surface area contributed by atoms with Crippen LogP contribution >= 0.6 is 0 Å². The highest BCUT2D eigenvalue weighted by atomic mass is 19.1. The molecule has 2 aromatic carbocycles. The Hall–Kier alpha value is -3.68. The smallest absolute Gasteiger partial charge is 0.292 e. The van der Waals surface area contributed by atoms with Crippen LogP contribution in [0.2, 0.25) is 0 Å². The van der Waals surface area contributed by atoms with Crippen LogP contribution in [0.4, 0.5) is 15.8 Å². The Morgan fingerprint density at radius 1 is 1.00 bits per heavy atom. The summed E-state index contributed by atoms with van der Waals surface area (Å²) < 4.78 is 19.6. The second-order valence-electron chi connectivity index (χ2n) is 7.36. The average Bonchev–Trinajstić information content (AvgIpc) is 3.26. The molecular formula is C23H22FN3O4. The molecule has 160 valence electrons. The minimum Gasteiger partial charge on any atom is -0.461 e. The summed E-state index contributed by atoms with van der Waals surface area (Å²) in [7, 11) is 0. The molecule has 1 saturated heterocycles. The molecule has 0 N–H and O–H groups in total. The predicted molar refractivity (Wildman–Crippen MR) is 114 cm³/mol. The molecule has 4 rings (SSSR count). The van der Waals surface area contributed by atoms with Crippen molar-refractivity contribution in [2.45, 2.75) is 12.8 Å². The summed E-state index contributed by atoms with van der Waals surface area (Å²) >= 11 is 0. The van der Waals surface area contributed by atoms with E-state index in [1.807, 2.05) is 4.90 Å².